The number of nitrogens with zero attached hydrogens (tertiary/aromatic N) is 2. The molecule has 0 saturated heterocycles. The summed E-state index contributed by atoms with van der Waals surface area (Å²) in [5.41, 5.74) is 11.6. The van der Waals surface area contributed by atoms with Crippen molar-refractivity contribution in [3.05, 3.63) is 100 Å². The smallest absolute Gasteiger partial charge is 0.262 e. The van der Waals surface area contributed by atoms with Gasteiger partial charge in [-0.2, -0.15) is 0 Å². The van der Waals surface area contributed by atoms with Crippen LogP contribution in [0.3, 0.4) is 0 Å². The Bertz CT molecular complexity index is 1790. The molecule has 0 radical (unpaired) electrons. The van der Waals surface area contributed by atoms with Gasteiger partial charge < -0.3 is 36.1 Å². The third-order valence-corrected chi connectivity index (χ3v) is 9.06. The highest BCUT2D eigenvalue weighted by Gasteiger charge is 2.33. The maximum Gasteiger partial charge on any atom is 0.262 e. The standard InChI is InChI=1S/C37H40N6O6S/c38-31(19-28-22-50-23-40-28)36(46)39-16-2-1-3-17-48-30-13-9-27(10-14-30)41-35(45)25-6-4-24(5-7-25)20-43(29-11-12-29)37(47)26-8-15-32-33(18-26)49-21-34(44)42-32/h4-10,13-15,18,22-23,29,31H,1-3,11-12,16-17,19-21,38H2,(H,39,46)(H,41,45)(H,42,44)/t31-/m0/s1. The minimum atomic E-state index is -0.599. The lowest BCUT2D eigenvalue weighted by molar-refractivity contribution is -0.122. The van der Waals surface area contributed by atoms with Crippen molar-refractivity contribution in [2.24, 2.45) is 5.73 Å². The summed E-state index contributed by atoms with van der Waals surface area (Å²) >= 11 is 1.48. The first-order chi connectivity index (χ1) is 24.3. The molecule has 6 rings (SSSR count). The normalized spacial score (nSPS) is 14.1. The molecule has 3 aromatic carbocycles. The summed E-state index contributed by atoms with van der Waals surface area (Å²) in [6.45, 7) is 1.45. The van der Waals surface area contributed by atoms with Gasteiger partial charge >= 0.3 is 0 Å². The van der Waals surface area contributed by atoms with E-state index in [0.717, 1.165) is 43.4 Å². The van der Waals surface area contributed by atoms with Gasteiger partial charge in [0.05, 0.1) is 29.5 Å². The molecule has 2 heterocycles. The number of nitrogens with one attached hydrogen (secondary N) is 3. The molecule has 0 bridgehead atoms. The molecular weight excluding hydrogens is 657 g/mol. The third-order valence-electron chi connectivity index (χ3n) is 8.43. The first kappa shape index (κ1) is 34.6. The number of carbonyl (C=O) groups is 4. The van der Waals surface area contributed by atoms with Gasteiger partial charge in [0.15, 0.2) is 6.61 Å². The monoisotopic (exact) mass is 696 g/mol. The molecule has 1 aliphatic carbocycles. The van der Waals surface area contributed by atoms with Gasteiger partial charge in [-0.3, -0.25) is 19.2 Å². The highest BCUT2D eigenvalue weighted by Crippen LogP contribution is 2.33. The molecule has 0 spiro atoms. The molecule has 1 aromatic heterocycles. The number of fused-ring (bicyclic) bond motifs is 1. The number of anilines is 2. The number of nitrogens with two attached hydrogens (primary N) is 1. The van der Waals surface area contributed by atoms with Crippen LogP contribution in [0, 0.1) is 0 Å². The number of aromatic nitrogens is 1. The van der Waals surface area contributed by atoms with Crippen LogP contribution in [-0.2, 0) is 22.6 Å². The van der Waals surface area contributed by atoms with Gasteiger partial charge in [0.25, 0.3) is 17.7 Å². The Kier molecular flexibility index (Phi) is 11.4. The molecule has 1 aliphatic heterocycles. The van der Waals surface area contributed by atoms with Crippen LogP contribution < -0.4 is 31.2 Å². The second-order valence-corrected chi connectivity index (χ2v) is 13.1. The maximum atomic E-state index is 13.5. The number of amides is 4. The zero-order valence-electron chi connectivity index (χ0n) is 27.6. The van der Waals surface area contributed by atoms with E-state index < -0.39 is 6.04 Å². The first-order valence-electron chi connectivity index (χ1n) is 16.7. The average molecular weight is 697 g/mol. The molecule has 1 atom stereocenters. The van der Waals surface area contributed by atoms with E-state index in [9.17, 15) is 19.2 Å². The zero-order chi connectivity index (χ0) is 34.9. The highest BCUT2D eigenvalue weighted by molar-refractivity contribution is 7.07. The van der Waals surface area contributed by atoms with Gasteiger partial charge in [-0.05, 0) is 92.3 Å². The number of rotatable bonds is 16. The molecule has 5 N–H and O–H groups in total. The summed E-state index contributed by atoms with van der Waals surface area (Å²) in [7, 11) is 0. The number of thiazole rings is 1. The summed E-state index contributed by atoms with van der Waals surface area (Å²) < 4.78 is 11.3. The van der Waals surface area contributed by atoms with E-state index in [2.05, 4.69) is 20.9 Å². The number of benzene rings is 3. The van der Waals surface area contributed by atoms with E-state index >= 15 is 0 Å². The van der Waals surface area contributed by atoms with Crippen molar-refractivity contribution in [3.63, 3.8) is 0 Å². The summed E-state index contributed by atoms with van der Waals surface area (Å²) in [6.07, 6.45) is 4.89. The van der Waals surface area contributed by atoms with Crippen LogP contribution in [0.5, 0.6) is 11.5 Å². The number of unbranched alkanes of at least 4 members (excludes halogenated alkanes) is 2. The van der Waals surface area contributed by atoms with Gasteiger partial charge in [0.1, 0.15) is 11.5 Å². The van der Waals surface area contributed by atoms with Crippen LogP contribution in [0.2, 0.25) is 0 Å². The van der Waals surface area contributed by atoms with Crippen molar-refractivity contribution in [2.75, 3.05) is 30.4 Å². The van der Waals surface area contributed by atoms with Crippen molar-refractivity contribution < 1.29 is 28.7 Å². The molecule has 12 nitrogen and oxygen atoms in total. The van der Waals surface area contributed by atoms with Gasteiger partial charge in [0, 0.05) is 47.7 Å². The van der Waals surface area contributed by atoms with Crippen LogP contribution in [0.15, 0.2) is 77.6 Å². The lowest BCUT2D eigenvalue weighted by Crippen LogP contribution is -2.42. The van der Waals surface area contributed by atoms with Crippen LogP contribution in [0.1, 0.15) is 64.1 Å². The van der Waals surface area contributed by atoms with Gasteiger partial charge in [0.2, 0.25) is 5.91 Å². The molecule has 4 amide bonds. The second kappa shape index (κ2) is 16.4. The molecule has 0 unspecified atom stereocenters. The summed E-state index contributed by atoms with van der Waals surface area (Å²) in [5.74, 6) is 0.466. The fourth-order valence-electron chi connectivity index (χ4n) is 5.52. The molecule has 1 saturated carbocycles. The minimum absolute atomic E-state index is 0.0745. The molecule has 260 valence electrons. The van der Waals surface area contributed by atoms with E-state index in [1.54, 1.807) is 48.0 Å². The number of hydrogen-bond donors (Lipinski definition) is 4. The predicted molar refractivity (Wildman–Crippen MR) is 190 cm³/mol. The van der Waals surface area contributed by atoms with Gasteiger partial charge in [-0.15, -0.1) is 11.3 Å². The van der Waals surface area contributed by atoms with Crippen LogP contribution >= 0.6 is 11.3 Å². The van der Waals surface area contributed by atoms with Crippen molar-refractivity contribution in [1.29, 1.82) is 0 Å². The average Bonchev–Trinajstić information content (AvgIpc) is 3.85. The largest absolute Gasteiger partial charge is 0.494 e. The van der Waals surface area contributed by atoms with Crippen LogP contribution in [0.4, 0.5) is 11.4 Å². The number of carbonyl (C=O) groups excluding carboxylic acids is 4. The van der Waals surface area contributed by atoms with Crippen molar-refractivity contribution >= 4 is 46.3 Å². The zero-order valence-corrected chi connectivity index (χ0v) is 28.4. The van der Waals surface area contributed by atoms with Crippen molar-refractivity contribution in [2.45, 2.75) is 57.2 Å². The molecule has 1 fully saturated rings. The Labute approximate surface area is 294 Å². The first-order valence-corrected chi connectivity index (χ1v) is 17.7. The molecule has 50 heavy (non-hydrogen) atoms. The van der Waals surface area contributed by atoms with Gasteiger partial charge in [-0.25, -0.2) is 4.98 Å². The van der Waals surface area contributed by atoms with Crippen LogP contribution in [0.25, 0.3) is 0 Å². The van der Waals surface area contributed by atoms with Crippen LogP contribution in [-0.4, -0.2) is 65.4 Å². The Morgan fingerprint density at radius 3 is 2.54 bits per heavy atom. The summed E-state index contributed by atoms with van der Waals surface area (Å²) in [6, 6.07) is 19.1. The molecule has 13 heteroatoms. The van der Waals surface area contributed by atoms with E-state index in [-0.39, 0.29) is 36.3 Å². The number of hydrogen-bond acceptors (Lipinski definition) is 9. The fourth-order valence-corrected chi connectivity index (χ4v) is 6.09. The topological polar surface area (TPSA) is 165 Å². The van der Waals surface area contributed by atoms with E-state index in [4.69, 9.17) is 15.2 Å². The Hall–Kier alpha value is -5.27. The molecule has 2 aliphatic rings. The number of ether oxygens (including phenoxy) is 2. The predicted octanol–water partition coefficient (Wildman–Crippen LogP) is 4.77. The third kappa shape index (κ3) is 9.45. The minimum Gasteiger partial charge on any atom is -0.494 e. The Morgan fingerprint density at radius 1 is 1.02 bits per heavy atom. The summed E-state index contributed by atoms with van der Waals surface area (Å²) in [5, 5.41) is 10.4. The maximum absolute atomic E-state index is 13.5. The quantitative estimate of drug-likeness (QED) is 0.122. The van der Waals surface area contributed by atoms with E-state index in [0.29, 0.717) is 60.1 Å². The SMILES string of the molecule is N[C@@H](Cc1cscn1)C(=O)NCCCCCOc1ccc(NC(=O)c2ccc(CN(C(=O)c3ccc4c(c3)OCC(=O)N4)C3CC3)cc2)cc1. The lowest BCUT2D eigenvalue weighted by Gasteiger charge is -2.24. The molecular formula is C37H40N6O6S. The Balaban J connectivity index is 0.905. The lowest BCUT2D eigenvalue weighted by atomic mass is 10.1. The van der Waals surface area contributed by atoms with E-state index in [1.165, 1.54) is 11.3 Å². The second-order valence-electron chi connectivity index (χ2n) is 12.4. The highest BCUT2D eigenvalue weighted by atomic mass is 32.1. The fraction of sp³-hybridized carbons (Fsp3) is 0.324. The Morgan fingerprint density at radius 2 is 1.80 bits per heavy atom. The van der Waals surface area contributed by atoms with Crippen molar-refractivity contribution in [1.82, 2.24) is 15.2 Å². The van der Waals surface area contributed by atoms with Gasteiger partial charge in [-0.1, -0.05) is 12.1 Å². The van der Waals surface area contributed by atoms with E-state index in [1.807, 2.05) is 34.5 Å². The molecule has 4 aromatic rings. The van der Waals surface area contributed by atoms with Crippen molar-refractivity contribution in [3.8, 4) is 11.5 Å². The summed E-state index contributed by atoms with van der Waals surface area (Å²) in [4.78, 5) is 56.2.